The van der Waals surface area contributed by atoms with Crippen molar-refractivity contribution in [2.24, 2.45) is 0 Å². The summed E-state index contributed by atoms with van der Waals surface area (Å²) in [5.74, 6) is 1.10. The summed E-state index contributed by atoms with van der Waals surface area (Å²) in [4.78, 5) is 9.12. The quantitative estimate of drug-likeness (QED) is 0.656. The Morgan fingerprint density at radius 3 is 2.40 bits per heavy atom. The first-order chi connectivity index (χ1) is 12.2. The summed E-state index contributed by atoms with van der Waals surface area (Å²) in [5.41, 5.74) is 2.88. The van der Waals surface area contributed by atoms with Gasteiger partial charge in [0.25, 0.3) is 0 Å². The highest BCUT2D eigenvalue weighted by Crippen LogP contribution is 2.21. The summed E-state index contributed by atoms with van der Waals surface area (Å²) in [5, 5.41) is 6.53. The van der Waals surface area contributed by atoms with Gasteiger partial charge >= 0.3 is 0 Å². The molecule has 5 heteroatoms. The maximum Gasteiger partial charge on any atom is 0.225 e. The summed E-state index contributed by atoms with van der Waals surface area (Å²) >= 11 is 0. The number of nitrogens with one attached hydrogen (secondary N) is 2. The number of anilines is 2. The molecular weight excluding hydrogens is 315 g/mol. The van der Waals surface area contributed by atoms with Crippen molar-refractivity contribution < 1.29 is 4.39 Å². The van der Waals surface area contributed by atoms with Crippen molar-refractivity contribution in [1.82, 2.24) is 9.97 Å². The molecular formula is C20H21FN4. The van der Waals surface area contributed by atoms with Crippen molar-refractivity contribution in [3.63, 3.8) is 0 Å². The highest BCUT2D eigenvalue weighted by molar-refractivity contribution is 5.64. The topological polar surface area (TPSA) is 49.8 Å². The second-order valence-electron chi connectivity index (χ2n) is 5.73. The van der Waals surface area contributed by atoms with Gasteiger partial charge in [-0.05, 0) is 24.1 Å². The molecule has 0 spiro atoms. The molecule has 0 unspecified atom stereocenters. The van der Waals surface area contributed by atoms with Gasteiger partial charge in [0.05, 0.1) is 5.69 Å². The molecule has 0 saturated heterocycles. The molecule has 0 saturated carbocycles. The molecule has 0 amide bonds. The fourth-order valence-corrected chi connectivity index (χ4v) is 2.41. The zero-order valence-electron chi connectivity index (χ0n) is 14.2. The van der Waals surface area contributed by atoms with Gasteiger partial charge in [0.2, 0.25) is 5.95 Å². The molecule has 0 bridgehead atoms. The van der Waals surface area contributed by atoms with E-state index in [1.807, 2.05) is 36.4 Å². The van der Waals surface area contributed by atoms with Crippen LogP contribution in [0.1, 0.15) is 18.9 Å². The summed E-state index contributed by atoms with van der Waals surface area (Å²) in [7, 11) is 0. The third-order valence-electron chi connectivity index (χ3n) is 3.72. The van der Waals surface area contributed by atoms with E-state index in [4.69, 9.17) is 0 Å². The van der Waals surface area contributed by atoms with Gasteiger partial charge in [-0.25, -0.2) is 9.37 Å². The predicted molar refractivity (Wildman–Crippen MR) is 100.0 cm³/mol. The van der Waals surface area contributed by atoms with Crippen LogP contribution in [0, 0.1) is 5.82 Å². The lowest BCUT2D eigenvalue weighted by Crippen LogP contribution is -2.08. The summed E-state index contributed by atoms with van der Waals surface area (Å²) in [6, 6.07) is 18.4. The second kappa shape index (κ2) is 8.24. The number of hydrogen-bond acceptors (Lipinski definition) is 4. The van der Waals surface area contributed by atoms with Gasteiger partial charge in [0.1, 0.15) is 11.6 Å². The van der Waals surface area contributed by atoms with Crippen molar-refractivity contribution in [2.75, 3.05) is 17.2 Å². The molecule has 4 nitrogen and oxygen atoms in total. The monoisotopic (exact) mass is 336 g/mol. The minimum absolute atomic E-state index is 0.233. The van der Waals surface area contributed by atoms with Crippen LogP contribution in [0.3, 0.4) is 0 Å². The van der Waals surface area contributed by atoms with Crippen molar-refractivity contribution >= 4 is 11.8 Å². The molecule has 25 heavy (non-hydrogen) atoms. The van der Waals surface area contributed by atoms with Crippen LogP contribution in [0.4, 0.5) is 16.2 Å². The van der Waals surface area contributed by atoms with Crippen LogP contribution in [-0.2, 0) is 6.54 Å². The average Bonchev–Trinajstić information content (AvgIpc) is 2.66. The van der Waals surface area contributed by atoms with Crippen LogP contribution in [0.15, 0.2) is 60.7 Å². The molecule has 1 aromatic heterocycles. The molecule has 2 aromatic carbocycles. The van der Waals surface area contributed by atoms with Gasteiger partial charge < -0.3 is 10.6 Å². The summed E-state index contributed by atoms with van der Waals surface area (Å²) in [6.45, 7) is 3.48. The molecule has 2 N–H and O–H groups in total. The van der Waals surface area contributed by atoms with E-state index in [-0.39, 0.29) is 5.82 Å². The number of hydrogen-bond donors (Lipinski definition) is 2. The Morgan fingerprint density at radius 1 is 0.920 bits per heavy atom. The third kappa shape index (κ3) is 4.76. The second-order valence-corrected chi connectivity index (χ2v) is 5.73. The Morgan fingerprint density at radius 2 is 1.68 bits per heavy atom. The first-order valence-electron chi connectivity index (χ1n) is 8.41. The smallest absolute Gasteiger partial charge is 0.225 e. The van der Waals surface area contributed by atoms with Gasteiger partial charge in [-0.2, -0.15) is 4.98 Å². The maximum absolute atomic E-state index is 13.0. The van der Waals surface area contributed by atoms with Crippen LogP contribution in [0.2, 0.25) is 0 Å². The van der Waals surface area contributed by atoms with Gasteiger partial charge in [0, 0.05) is 24.7 Å². The lowest BCUT2D eigenvalue weighted by atomic mass is 10.1. The Labute approximate surface area is 147 Å². The highest BCUT2D eigenvalue weighted by Gasteiger charge is 2.06. The Hall–Kier alpha value is -2.95. The summed E-state index contributed by atoms with van der Waals surface area (Å²) < 4.78 is 13.0. The standard InChI is InChI=1S/C20H21FN4/c1-2-12-22-20-24-18(16-6-4-3-5-7-16)13-19(25-20)23-14-15-8-10-17(21)11-9-15/h3-11,13H,2,12,14H2,1H3,(H2,22,23,24,25). The Balaban J connectivity index is 1.82. The molecule has 3 aromatic rings. The number of aromatic nitrogens is 2. The molecule has 1 heterocycles. The lowest BCUT2D eigenvalue weighted by Gasteiger charge is -2.11. The van der Waals surface area contributed by atoms with E-state index >= 15 is 0 Å². The van der Waals surface area contributed by atoms with E-state index in [1.165, 1.54) is 12.1 Å². The van der Waals surface area contributed by atoms with Gasteiger partial charge in [0.15, 0.2) is 0 Å². The van der Waals surface area contributed by atoms with Gasteiger partial charge in [-0.3, -0.25) is 0 Å². The SMILES string of the molecule is CCCNc1nc(NCc2ccc(F)cc2)cc(-c2ccccc2)n1. The predicted octanol–water partition coefficient (Wildman–Crippen LogP) is 4.72. The molecule has 0 radical (unpaired) electrons. The summed E-state index contributed by atoms with van der Waals surface area (Å²) in [6.07, 6.45) is 0.997. The van der Waals surface area contributed by atoms with E-state index in [1.54, 1.807) is 12.1 Å². The van der Waals surface area contributed by atoms with Crippen LogP contribution in [0.25, 0.3) is 11.3 Å². The van der Waals surface area contributed by atoms with Crippen LogP contribution >= 0.6 is 0 Å². The number of benzene rings is 2. The van der Waals surface area contributed by atoms with Crippen molar-refractivity contribution in [1.29, 1.82) is 0 Å². The lowest BCUT2D eigenvalue weighted by molar-refractivity contribution is 0.627. The molecule has 0 fully saturated rings. The number of halogens is 1. The maximum atomic E-state index is 13.0. The fourth-order valence-electron chi connectivity index (χ4n) is 2.41. The first-order valence-corrected chi connectivity index (χ1v) is 8.41. The molecule has 128 valence electrons. The Bertz CT molecular complexity index is 804. The highest BCUT2D eigenvalue weighted by atomic mass is 19.1. The van der Waals surface area contributed by atoms with Crippen LogP contribution in [0.5, 0.6) is 0 Å². The third-order valence-corrected chi connectivity index (χ3v) is 3.72. The normalized spacial score (nSPS) is 10.5. The molecule has 0 aliphatic heterocycles. The van der Waals surface area contributed by atoms with E-state index in [0.717, 1.165) is 35.6 Å². The van der Waals surface area contributed by atoms with Gasteiger partial charge in [-0.1, -0.05) is 49.4 Å². The minimum atomic E-state index is -0.233. The molecule has 0 aliphatic carbocycles. The molecule has 3 rings (SSSR count). The largest absolute Gasteiger partial charge is 0.366 e. The Kier molecular flexibility index (Phi) is 5.57. The van der Waals surface area contributed by atoms with E-state index in [0.29, 0.717) is 12.5 Å². The first kappa shape index (κ1) is 16.9. The number of rotatable bonds is 7. The van der Waals surface area contributed by atoms with Crippen LogP contribution < -0.4 is 10.6 Å². The number of nitrogens with zero attached hydrogens (tertiary/aromatic N) is 2. The van der Waals surface area contributed by atoms with Gasteiger partial charge in [-0.15, -0.1) is 0 Å². The van der Waals surface area contributed by atoms with E-state index in [9.17, 15) is 4.39 Å². The molecule has 0 atom stereocenters. The van der Waals surface area contributed by atoms with Crippen molar-refractivity contribution in [3.05, 3.63) is 72.0 Å². The van der Waals surface area contributed by atoms with E-state index in [2.05, 4.69) is 27.5 Å². The average molecular weight is 336 g/mol. The van der Waals surface area contributed by atoms with Crippen molar-refractivity contribution in [2.45, 2.75) is 19.9 Å². The molecule has 0 aliphatic rings. The fraction of sp³-hybridized carbons (Fsp3) is 0.200. The van der Waals surface area contributed by atoms with E-state index < -0.39 is 0 Å². The zero-order chi connectivity index (χ0) is 17.5. The minimum Gasteiger partial charge on any atom is -0.366 e. The van der Waals surface area contributed by atoms with Crippen molar-refractivity contribution in [3.8, 4) is 11.3 Å². The zero-order valence-corrected chi connectivity index (χ0v) is 14.2. The van der Waals surface area contributed by atoms with Crippen LogP contribution in [-0.4, -0.2) is 16.5 Å².